The van der Waals surface area contributed by atoms with E-state index in [1.165, 1.54) is 18.4 Å². The van der Waals surface area contributed by atoms with Gasteiger partial charge in [-0.05, 0) is 48.9 Å². The molecule has 0 fully saturated rings. The summed E-state index contributed by atoms with van der Waals surface area (Å²) in [5.41, 5.74) is 1.31. The maximum absolute atomic E-state index is 6.08. The van der Waals surface area contributed by atoms with E-state index >= 15 is 0 Å². The van der Waals surface area contributed by atoms with Crippen LogP contribution in [0.5, 0.6) is 0 Å². The van der Waals surface area contributed by atoms with Gasteiger partial charge in [0.15, 0.2) is 0 Å². The maximum atomic E-state index is 6.08. The van der Waals surface area contributed by atoms with Gasteiger partial charge in [-0.2, -0.15) is 0 Å². The molecular weight excluding hydrogens is 242 g/mol. The van der Waals surface area contributed by atoms with E-state index in [9.17, 15) is 0 Å². The highest BCUT2D eigenvalue weighted by Crippen LogP contribution is 2.26. The fourth-order valence-electron chi connectivity index (χ4n) is 2.61. The van der Waals surface area contributed by atoms with E-state index in [2.05, 4.69) is 45.1 Å². The first kappa shape index (κ1) is 15.5. The highest BCUT2D eigenvalue weighted by Gasteiger charge is 2.15. The van der Waals surface area contributed by atoms with Crippen LogP contribution in [-0.2, 0) is 0 Å². The van der Waals surface area contributed by atoms with Crippen LogP contribution in [0.4, 0.5) is 0 Å². The maximum Gasteiger partial charge on any atom is 0.0409 e. The average Bonchev–Trinajstić information content (AvgIpc) is 2.27. The van der Waals surface area contributed by atoms with Gasteiger partial charge in [0.1, 0.15) is 0 Å². The molecule has 0 amide bonds. The van der Waals surface area contributed by atoms with Crippen molar-refractivity contribution in [2.45, 2.75) is 46.6 Å². The monoisotopic (exact) mass is 267 g/mol. The van der Waals surface area contributed by atoms with Crippen LogP contribution >= 0.6 is 11.6 Å². The van der Waals surface area contributed by atoms with Crippen molar-refractivity contribution in [1.82, 2.24) is 5.32 Å². The van der Waals surface area contributed by atoms with E-state index < -0.39 is 0 Å². The normalized spacial score (nSPS) is 14.8. The van der Waals surface area contributed by atoms with Gasteiger partial charge in [-0.15, -0.1) is 0 Å². The second kappa shape index (κ2) is 7.81. The van der Waals surface area contributed by atoms with Crippen LogP contribution in [-0.4, -0.2) is 6.54 Å². The van der Waals surface area contributed by atoms with Crippen molar-refractivity contribution in [2.75, 3.05) is 6.54 Å². The molecule has 0 aliphatic heterocycles. The Morgan fingerprint density at radius 3 is 2.44 bits per heavy atom. The lowest BCUT2D eigenvalue weighted by Gasteiger charge is -2.23. The van der Waals surface area contributed by atoms with Crippen LogP contribution in [0.1, 0.15) is 52.1 Å². The molecule has 1 N–H and O–H groups in total. The van der Waals surface area contributed by atoms with E-state index in [0.717, 1.165) is 23.4 Å². The van der Waals surface area contributed by atoms with Crippen molar-refractivity contribution in [3.8, 4) is 0 Å². The lowest BCUT2D eigenvalue weighted by Crippen LogP contribution is -2.23. The van der Waals surface area contributed by atoms with Crippen LogP contribution in [0.2, 0.25) is 5.02 Å². The van der Waals surface area contributed by atoms with Crippen molar-refractivity contribution < 1.29 is 0 Å². The molecular formula is C16H26ClN. The molecule has 0 saturated carbocycles. The Morgan fingerprint density at radius 2 is 1.89 bits per heavy atom. The van der Waals surface area contributed by atoms with Crippen molar-refractivity contribution >= 4 is 11.6 Å². The summed E-state index contributed by atoms with van der Waals surface area (Å²) in [5.74, 6) is 1.50. The molecule has 0 aliphatic rings. The smallest absolute Gasteiger partial charge is 0.0409 e. The standard InChI is InChI=1S/C16H26ClN/c1-5-18-16(10-13(4)9-12(2)3)14-7-6-8-15(17)11-14/h6-8,11-13,16,18H,5,9-10H2,1-4H3. The van der Waals surface area contributed by atoms with E-state index in [4.69, 9.17) is 11.6 Å². The third-order valence-electron chi connectivity index (χ3n) is 3.21. The topological polar surface area (TPSA) is 12.0 Å². The van der Waals surface area contributed by atoms with Crippen molar-refractivity contribution in [2.24, 2.45) is 11.8 Å². The van der Waals surface area contributed by atoms with E-state index in [1.807, 2.05) is 12.1 Å². The minimum atomic E-state index is 0.419. The summed E-state index contributed by atoms with van der Waals surface area (Å²) in [7, 11) is 0. The Kier molecular flexibility index (Phi) is 6.73. The number of hydrogen-bond donors (Lipinski definition) is 1. The van der Waals surface area contributed by atoms with Crippen molar-refractivity contribution in [3.63, 3.8) is 0 Å². The third-order valence-corrected chi connectivity index (χ3v) is 3.45. The fraction of sp³-hybridized carbons (Fsp3) is 0.625. The van der Waals surface area contributed by atoms with Crippen LogP contribution < -0.4 is 5.32 Å². The summed E-state index contributed by atoms with van der Waals surface area (Å²) in [6.07, 6.45) is 2.45. The summed E-state index contributed by atoms with van der Waals surface area (Å²) in [6, 6.07) is 8.64. The molecule has 1 aromatic rings. The highest BCUT2D eigenvalue weighted by atomic mass is 35.5. The minimum absolute atomic E-state index is 0.419. The predicted molar refractivity (Wildman–Crippen MR) is 81.1 cm³/mol. The zero-order chi connectivity index (χ0) is 13.5. The summed E-state index contributed by atoms with van der Waals surface area (Å²) < 4.78 is 0. The SMILES string of the molecule is CCNC(CC(C)CC(C)C)c1cccc(Cl)c1. The Hall–Kier alpha value is -0.530. The van der Waals surface area contributed by atoms with Gasteiger partial charge in [-0.3, -0.25) is 0 Å². The molecule has 0 saturated heterocycles. The first-order valence-corrected chi connectivity index (χ1v) is 7.39. The molecule has 0 radical (unpaired) electrons. The summed E-state index contributed by atoms with van der Waals surface area (Å²) >= 11 is 6.08. The zero-order valence-electron chi connectivity index (χ0n) is 12.0. The zero-order valence-corrected chi connectivity index (χ0v) is 12.8. The van der Waals surface area contributed by atoms with E-state index in [1.54, 1.807) is 0 Å². The Balaban J connectivity index is 2.70. The van der Waals surface area contributed by atoms with Crippen molar-refractivity contribution in [1.29, 1.82) is 0 Å². The van der Waals surface area contributed by atoms with Crippen LogP contribution in [0.15, 0.2) is 24.3 Å². The Bertz CT molecular complexity index is 349. The number of rotatable bonds is 7. The molecule has 1 nitrogen and oxygen atoms in total. The molecule has 1 aromatic carbocycles. The molecule has 0 spiro atoms. The number of benzene rings is 1. The highest BCUT2D eigenvalue weighted by molar-refractivity contribution is 6.30. The molecule has 18 heavy (non-hydrogen) atoms. The lowest BCUT2D eigenvalue weighted by atomic mass is 9.90. The summed E-state index contributed by atoms with van der Waals surface area (Å²) in [6.45, 7) is 10.1. The lowest BCUT2D eigenvalue weighted by molar-refractivity contribution is 0.359. The minimum Gasteiger partial charge on any atom is -0.310 e. The van der Waals surface area contributed by atoms with Gasteiger partial charge in [0.05, 0.1) is 0 Å². The molecule has 2 unspecified atom stereocenters. The number of hydrogen-bond acceptors (Lipinski definition) is 1. The molecule has 2 heteroatoms. The molecule has 1 rings (SSSR count). The van der Waals surface area contributed by atoms with Gasteiger partial charge in [-0.25, -0.2) is 0 Å². The Morgan fingerprint density at radius 1 is 1.17 bits per heavy atom. The second-order valence-corrected chi connectivity index (χ2v) is 6.07. The van der Waals surface area contributed by atoms with Gasteiger partial charge in [0, 0.05) is 11.1 Å². The van der Waals surface area contributed by atoms with Gasteiger partial charge < -0.3 is 5.32 Å². The van der Waals surface area contributed by atoms with Gasteiger partial charge in [-0.1, -0.05) is 51.4 Å². The third kappa shape index (κ3) is 5.41. The van der Waals surface area contributed by atoms with Gasteiger partial charge in [0.2, 0.25) is 0 Å². The van der Waals surface area contributed by atoms with E-state index in [0.29, 0.717) is 6.04 Å². The molecule has 2 atom stereocenters. The molecule has 0 aromatic heterocycles. The van der Waals surface area contributed by atoms with Gasteiger partial charge in [0.25, 0.3) is 0 Å². The summed E-state index contributed by atoms with van der Waals surface area (Å²) in [5, 5.41) is 4.40. The van der Waals surface area contributed by atoms with Gasteiger partial charge >= 0.3 is 0 Å². The summed E-state index contributed by atoms with van der Waals surface area (Å²) in [4.78, 5) is 0. The number of halogens is 1. The largest absolute Gasteiger partial charge is 0.310 e. The first-order valence-electron chi connectivity index (χ1n) is 7.01. The fourth-order valence-corrected chi connectivity index (χ4v) is 2.81. The average molecular weight is 268 g/mol. The van der Waals surface area contributed by atoms with Crippen LogP contribution in [0, 0.1) is 11.8 Å². The molecule has 0 bridgehead atoms. The van der Waals surface area contributed by atoms with Crippen LogP contribution in [0.25, 0.3) is 0 Å². The molecule has 0 aliphatic carbocycles. The van der Waals surface area contributed by atoms with Crippen molar-refractivity contribution in [3.05, 3.63) is 34.9 Å². The second-order valence-electron chi connectivity index (χ2n) is 5.64. The molecule has 0 heterocycles. The molecule has 102 valence electrons. The predicted octanol–water partition coefficient (Wildman–Crippen LogP) is 5.06. The van der Waals surface area contributed by atoms with Crippen LogP contribution in [0.3, 0.4) is 0 Å². The first-order chi connectivity index (χ1) is 8.52. The number of nitrogens with one attached hydrogen (secondary N) is 1. The van der Waals surface area contributed by atoms with E-state index in [-0.39, 0.29) is 0 Å². The Labute approximate surface area is 117 Å². The quantitative estimate of drug-likeness (QED) is 0.728.